The minimum absolute atomic E-state index is 0.248. The van der Waals surface area contributed by atoms with Crippen LogP contribution in [0.15, 0.2) is 72.8 Å². The van der Waals surface area contributed by atoms with Crippen molar-refractivity contribution in [1.82, 2.24) is 29.7 Å². The van der Waals surface area contributed by atoms with Gasteiger partial charge < -0.3 is 28.0 Å². The summed E-state index contributed by atoms with van der Waals surface area (Å²) in [5, 5.41) is 13.5. The highest BCUT2D eigenvalue weighted by Gasteiger charge is 2.15. The average Bonchev–Trinajstić information content (AvgIpc) is 2.84. The molecule has 0 bridgehead atoms. The lowest BCUT2D eigenvalue weighted by Crippen LogP contribution is -2.47. The summed E-state index contributed by atoms with van der Waals surface area (Å²) in [7, 11) is 0. The Kier molecular flexibility index (Phi) is 8.98. The molecule has 8 N–H and O–H groups in total. The second-order valence-electron chi connectivity index (χ2n) is 9.18. The van der Waals surface area contributed by atoms with Crippen molar-refractivity contribution >= 4 is 23.3 Å². The Labute approximate surface area is 222 Å². The molecule has 198 valence electrons. The van der Waals surface area contributed by atoms with Crippen LogP contribution < -0.4 is 28.0 Å². The third-order valence-corrected chi connectivity index (χ3v) is 5.78. The molecule has 0 radical (unpaired) electrons. The quantitative estimate of drug-likeness (QED) is 0.212. The molecule has 4 aromatic heterocycles. The van der Waals surface area contributed by atoms with Gasteiger partial charge in [0, 0.05) is 26.2 Å². The second kappa shape index (κ2) is 12.8. The van der Waals surface area contributed by atoms with Crippen LogP contribution >= 0.6 is 0 Å². The van der Waals surface area contributed by atoms with E-state index in [0.29, 0.717) is 49.5 Å². The van der Waals surface area contributed by atoms with Crippen molar-refractivity contribution in [3.05, 3.63) is 95.6 Å². The number of nitrogens with zero attached hydrogens (tertiary/aromatic N) is 6. The molecular weight excluding hydrogens is 480 g/mol. The summed E-state index contributed by atoms with van der Waals surface area (Å²) >= 11 is 0. The highest BCUT2D eigenvalue weighted by Crippen LogP contribution is 2.14. The van der Waals surface area contributed by atoms with Gasteiger partial charge in [0.2, 0.25) is 0 Å². The fourth-order valence-electron chi connectivity index (χ4n) is 4.26. The van der Waals surface area contributed by atoms with Gasteiger partial charge in [-0.15, -0.1) is 6.10 Å². The number of hydrogen-bond donors (Lipinski definition) is 4. The van der Waals surface area contributed by atoms with Gasteiger partial charge in [-0.3, -0.25) is 9.80 Å². The lowest BCUT2D eigenvalue weighted by atomic mass is 10.2. The standard InChI is InChI=1S/C27H33N10O/c28-24-9-1-5-19(32-24)13-36(14-20-6-2-10-25(29)33-20)17-23(38)18-37(15-21-7-3-11-26(30)34-21)16-22-8-4-12-27(31)35-22/h1-12,23H,13-18H2,(H2,28,32)(H2,29,33)(H2,30,34)(H2,31,35)/q-1. The number of pyridine rings is 4. The zero-order valence-electron chi connectivity index (χ0n) is 21.1. The molecule has 0 saturated carbocycles. The van der Waals surface area contributed by atoms with Gasteiger partial charge >= 0.3 is 0 Å². The Balaban J connectivity index is 1.50. The maximum Gasteiger partial charge on any atom is 0.123 e. The lowest BCUT2D eigenvalue weighted by Gasteiger charge is -2.35. The predicted octanol–water partition coefficient (Wildman–Crippen LogP) is 1.03. The van der Waals surface area contributed by atoms with Crippen molar-refractivity contribution in [2.24, 2.45) is 0 Å². The third kappa shape index (κ3) is 8.37. The van der Waals surface area contributed by atoms with E-state index in [1.807, 2.05) is 58.3 Å². The molecule has 0 unspecified atom stereocenters. The Morgan fingerprint density at radius 3 is 1.00 bits per heavy atom. The first-order valence-electron chi connectivity index (χ1n) is 12.3. The molecular formula is C27H33N10O-. The zero-order chi connectivity index (χ0) is 26.9. The van der Waals surface area contributed by atoms with Crippen LogP contribution in [0.5, 0.6) is 0 Å². The van der Waals surface area contributed by atoms with Gasteiger partial charge in [-0.25, -0.2) is 19.9 Å². The molecule has 11 heteroatoms. The lowest BCUT2D eigenvalue weighted by molar-refractivity contribution is -0.423. The second-order valence-corrected chi connectivity index (χ2v) is 9.18. The molecule has 0 aromatic carbocycles. The van der Waals surface area contributed by atoms with Crippen LogP contribution in [0, 0.1) is 0 Å². The van der Waals surface area contributed by atoms with Gasteiger partial charge in [-0.2, -0.15) is 0 Å². The van der Waals surface area contributed by atoms with Crippen LogP contribution in [0.2, 0.25) is 0 Å². The Morgan fingerprint density at radius 1 is 0.500 bits per heavy atom. The Hall–Kier alpha value is -4.32. The van der Waals surface area contributed by atoms with Crippen molar-refractivity contribution in [1.29, 1.82) is 0 Å². The Morgan fingerprint density at radius 2 is 0.763 bits per heavy atom. The van der Waals surface area contributed by atoms with Crippen molar-refractivity contribution < 1.29 is 5.11 Å². The van der Waals surface area contributed by atoms with Gasteiger partial charge in [-0.05, 0) is 61.6 Å². The molecule has 4 rings (SSSR count). The molecule has 0 saturated heterocycles. The van der Waals surface area contributed by atoms with E-state index in [9.17, 15) is 5.11 Å². The Bertz CT molecular complexity index is 1140. The van der Waals surface area contributed by atoms with Crippen molar-refractivity contribution in [3.8, 4) is 0 Å². The third-order valence-electron chi connectivity index (χ3n) is 5.78. The molecule has 38 heavy (non-hydrogen) atoms. The van der Waals surface area contributed by atoms with Gasteiger partial charge in [-0.1, -0.05) is 24.3 Å². The first-order chi connectivity index (χ1) is 18.3. The van der Waals surface area contributed by atoms with Crippen LogP contribution in [-0.4, -0.2) is 48.9 Å². The average molecular weight is 514 g/mol. The van der Waals surface area contributed by atoms with E-state index in [1.54, 1.807) is 24.3 Å². The number of nitrogen functional groups attached to an aromatic ring is 4. The monoisotopic (exact) mass is 513 g/mol. The smallest absolute Gasteiger partial charge is 0.123 e. The largest absolute Gasteiger partial charge is 0.850 e. The normalized spacial score (nSPS) is 11.5. The van der Waals surface area contributed by atoms with E-state index in [-0.39, 0.29) is 13.1 Å². The van der Waals surface area contributed by atoms with Gasteiger partial charge in [0.05, 0.1) is 22.8 Å². The zero-order valence-corrected chi connectivity index (χ0v) is 21.1. The summed E-state index contributed by atoms with van der Waals surface area (Å²) < 4.78 is 0. The maximum absolute atomic E-state index is 13.5. The van der Waals surface area contributed by atoms with Gasteiger partial charge in [0.15, 0.2) is 0 Å². The predicted molar refractivity (Wildman–Crippen MR) is 147 cm³/mol. The number of nitrogens with two attached hydrogens (primary N) is 4. The summed E-state index contributed by atoms with van der Waals surface area (Å²) in [5.74, 6) is 1.72. The van der Waals surface area contributed by atoms with E-state index < -0.39 is 6.10 Å². The molecule has 0 aliphatic heterocycles. The molecule has 11 nitrogen and oxygen atoms in total. The van der Waals surface area contributed by atoms with Gasteiger partial charge in [0.1, 0.15) is 23.3 Å². The summed E-state index contributed by atoms with van der Waals surface area (Å²) in [6.45, 7) is 2.25. The van der Waals surface area contributed by atoms with Crippen LogP contribution in [0.1, 0.15) is 22.8 Å². The number of hydrogen-bond acceptors (Lipinski definition) is 11. The van der Waals surface area contributed by atoms with E-state index >= 15 is 0 Å². The molecule has 4 aromatic rings. The van der Waals surface area contributed by atoms with Crippen LogP contribution in [0.4, 0.5) is 23.3 Å². The van der Waals surface area contributed by atoms with Crippen LogP contribution in [0.25, 0.3) is 0 Å². The topological polar surface area (TPSA) is 185 Å². The summed E-state index contributed by atoms with van der Waals surface area (Å²) in [4.78, 5) is 21.6. The first kappa shape index (κ1) is 26.7. The molecule has 0 atom stereocenters. The van der Waals surface area contributed by atoms with Crippen molar-refractivity contribution in [2.75, 3.05) is 36.0 Å². The van der Waals surface area contributed by atoms with Crippen molar-refractivity contribution in [2.45, 2.75) is 32.3 Å². The molecule has 0 amide bonds. The molecule has 0 aliphatic rings. The van der Waals surface area contributed by atoms with Gasteiger partial charge in [0.25, 0.3) is 0 Å². The van der Waals surface area contributed by atoms with Crippen LogP contribution in [-0.2, 0) is 26.2 Å². The van der Waals surface area contributed by atoms with E-state index in [1.165, 1.54) is 0 Å². The summed E-state index contributed by atoms with van der Waals surface area (Å²) in [5.41, 5.74) is 26.6. The molecule has 0 fully saturated rings. The van der Waals surface area contributed by atoms with Crippen LogP contribution in [0.3, 0.4) is 0 Å². The highest BCUT2D eigenvalue weighted by molar-refractivity contribution is 5.31. The fraction of sp³-hybridized carbons (Fsp3) is 0.259. The van der Waals surface area contributed by atoms with Crippen molar-refractivity contribution in [3.63, 3.8) is 0 Å². The minimum Gasteiger partial charge on any atom is -0.850 e. The highest BCUT2D eigenvalue weighted by atomic mass is 16.3. The molecule has 4 heterocycles. The molecule has 0 aliphatic carbocycles. The maximum atomic E-state index is 13.5. The SMILES string of the molecule is Nc1cccc(CN(Cc2cccc(N)n2)CC([O-])CN(Cc2cccc(N)n2)Cc2cccc(N)n2)n1. The molecule has 0 spiro atoms. The first-order valence-corrected chi connectivity index (χ1v) is 12.3. The number of rotatable bonds is 12. The fourth-order valence-corrected chi connectivity index (χ4v) is 4.26. The summed E-state index contributed by atoms with van der Waals surface area (Å²) in [6.07, 6.45) is -0.959. The minimum atomic E-state index is -0.959. The van der Waals surface area contributed by atoms with E-state index in [2.05, 4.69) is 19.9 Å². The number of anilines is 4. The van der Waals surface area contributed by atoms with E-state index in [0.717, 1.165) is 22.8 Å². The number of aromatic nitrogens is 4. The van der Waals surface area contributed by atoms with E-state index in [4.69, 9.17) is 22.9 Å². The summed E-state index contributed by atoms with van der Waals surface area (Å²) in [6, 6.07) is 21.9.